The Labute approximate surface area is 119 Å². The quantitative estimate of drug-likeness (QED) is 0.805. The van der Waals surface area contributed by atoms with Gasteiger partial charge in [-0.2, -0.15) is 0 Å². The number of fused-ring (bicyclic) bond motifs is 1. The van der Waals surface area contributed by atoms with Crippen LogP contribution in [0.3, 0.4) is 0 Å². The minimum atomic E-state index is 0.680. The zero-order chi connectivity index (χ0) is 13.2. The lowest BCUT2D eigenvalue weighted by atomic mass is 10.4. The summed E-state index contributed by atoms with van der Waals surface area (Å²) in [4.78, 5) is 8.70. The Bertz CT molecular complexity index is 720. The summed E-state index contributed by atoms with van der Waals surface area (Å²) in [6, 6.07) is 8.10. The standard InChI is InChI=1S/C14H13BrN4/c1-10-3-2-4-14-18-13(9-19(10)14)8-17-12-5-11(15)6-16-7-12/h2-7,9,17H,8H2,1H3. The van der Waals surface area contributed by atoms with Gasteiger partial charge in [-0.1, -0.05) is 6.07 Å². The Morgan fingerprint density at radius 3 is 3.00 bits per heavy atom. The first-order chi connectivity index (χ1) is 9.22. The zero-order valence-electron chi connectivity index (χ0n) is 10.5. The molecule has 0 amide bonds. The summed E-state index contributed by atoms with van der Waals surface area (Å²) < 4.78 is 3.05. The fourth-order valence-electron chi connectivity index (χ4n) is 1.99. The molecule has 4 nitrogen and oxygen atoms in total. The van der Waals surface area contributed by atoms with E-state index in [2.05, 4.69) is 54.8 Å². The Morgan fingerprint density at radius 2 is 2.21 bits per heavy atom. The van der Waals surface area contributed by atoms with E-state index in [1.165, 1.54) is 5.69 Å². The summed E-state index contributed by atoms with van der Waals surface area (Å²) in [6.07, 6.45) is 5.62. The van der Waals surface area contributed by atoms with Gasteiger partial charge in [0.15, 0.2) is 0 Å². The molecule has 3 aromatic heterocycles. The molecule has 19 heavy (non-hydrogen) atoms. The van der Waals surface area contributed by atoms with Crippen molar-refractivity contribution in [3.8, 4) is 0 Å². The Morgan fingerprint density at radius 1 is 1.32 bits per heavy atom. The first-order valence-corrected chi connectivity index (χ1v) is 6.80. The van der Waals surface area contributed by atoms with E-state index in [-0.39, 0.29) is 0 Å². The van der Waals surface area contributed by atoms with Crippen LogP contribution in [0, 0.1) is 6.92 Å². The predicted octanol–water partition coefficient (Wildman–Crippen LogP) is 3.41. The molecular formula is C14H13BrN4. The van der Waals surface area contributed by atoms with Crippen LogP contribution in [0.2, 0.25) is 0 Å². The maximum atomic E-state index is 4.58. The van der Waals surface area contributed by atoms with E-state index in [1.807, 2.05) is 18.2 Å². The van der Waals surface area contributed by atoms with Crippen LogP contribution in [0.25, 0.3) is 5.65 Å². The van der Waals surface area contributed by atoms with Gasteiger partial charge in [-0.25, -0.2) is 4.98 Å². The van der Waals surface area contributed by atoms with Gasteiger partial charge in [-0.15, -0.1) is 0 Å². The molecule has 0 aromatic carbocycles. The molecule has 0 saturated heterocycles. The molecule has 0 aliphatic carbocycles. The lowest BCUT2D eigenvalue weighted by molar-refractivity contribution is 1.06. The number of aryl methyl sites for hydroxylation is 1. The highest BCUT2D eigenvalue weighted by Gasteiger charge is 2.03. The average molecular weight is 317 g/mol. The van der Waals surface area contributed by atoms with Crippen molar-refractivity contribution in [1.29, 1.82) is 0 Å². The van der Waals surface area contributed by atoms with Crippen LogP contribution in [0.1, 0.15) is 11.4 Å². The highest BCUT2D eigenvalue weighted by molar-refractivity contribution is 9.10. The van der Waals surface area contributed by atoms with Crippen molar-refractivity contribution in [3.05, 3.63) is 58.7 Å². The fourth-order valence-corrected chi connectivity index (χ4v) is 2.35. The molecule has 3 rings (SSSR count). The molecule has 0 fully saturated rings. The van der Waals surface area contributed by atoms with Crippen molar-refractivity contribution in [2.75, 3.05) is 5.32 Å². The molecule has 5 heteroatoms. The number of hydrogen-bond acceptors (Lipinski definition) is 3. The maximum absolute atomic E-state index is 4.58. The second-order valence-electron chi connectivity index (χ2n) is 4.37. The molecule has 3 heterocycles. The number of imidazole rings is 1. The van der Waals surface area contributed by atoms with Gasteiger partial charge < -0.3 is 9.72 Å². The summed E-state index contributed by atoms with van der Waals surface area (Å²) in [5, 5.41) is 3.31. The summed E-state index contributed by atoms with van der Waals surface area (Å²) in [7, 11) is 0. The molecule has 0 radical (unpaired) electrons. The fraction of sp³-hybridized carbons (Fsp3) is 0.143. The number of pyridine rings is 2. The van der Waals surface area contributed by atoms with Crippen LogP contribution in [-0.4, -0.2) is 14.4 Å². The van der Waals surface area contributed by atoms with Crippen molar-refractivity contribution in [3.63, 3.8) is 0 Å². The van der Waals surface area contributed by atoms with E-state index >= 15 is 0 Å². The highest BCUT2D eigenvalue weighted by Crippen LogP contribution is 2.15. The van der Waals surface area contributed by atoms with Gasteiger partial charge in [-0.3, -0.25) is 4.98 Å². The van der Waals surface area contributed by atoms with Crippen molar-refractivity contribution >= 4 is 27.3 Å². The lowest BCUT2D eigenvalue weighted by Crippen LogP contribution is -1.99. The van der Waals surface area contributed by atoms with Gasteiger partial charge in [0, 0.05) is 22.6 Å². The summed E-state index contributed by atoms with van der Waals surface area (Å²) in [5.41, 5.74) is 4.14. The number of nitrogens with one attached hydrogen (secondary N) is 1. The van der Waals surface area contributed by atoms with E-state index in [1.54, 1.807) is 12.4 Å². The molecule has 0 saturated carbocycles. The number of nitrogens with zero attached hydrogens (tertiary/aromatic N) is 3. The van der Waals surface area contributed by atoms with E-state index in [0.717, 1.165) is 21.5 Å². The Kier molecular flexibility index (Phi) is 3.21. The van der Waals surface area contributed by atoms with Gasteiger partial charge in [0.25, 0.3) is 0 Å². The monoisotopic (exact) mass is 316 g/mol. The van der Waals surface area contributed by atoms with Gasteiger partial charge >= 0.3 is 0 Å². The van der Waals surface area contributed by atoms with Crippen LogP contribution in [0.5, 0.6) is 0 Å². The van der Waals surface area contributed by atoms with Crippen LogP contribution in [0.15, 0.2) is 47.3 Å². The third-order valence-electron chi connectivity index (χ3n) is 2.92. The van der Waals surface area contributed by atoms with Crippen molar-refractivity contribution in [1.82, 2.24) is 14.4 Å². The summed E-state index contributed by atoms with van der Waals surface area (Å²) in [5.74, 6) is 0. The minimum absolute atomic E-state index is 0.680. The molecule has 0 bridgehead atoms. The minimum Gasteiger partial charge on any atom is -0.378 e. The molecule has 0 atom stereocenters. The normalized spacial score (nSPS) is 10.8. The smallest absolute Gasteiger partial charge is 0.137 e. The third-order valence-corrected chi connectivity index (χ3v) is 3.36. The number of hydrogen-bond donors (Lipinski definition) is 1. The zero-order valence-corrected chi connectivity index (χ0v) is 12.1. The maximum Gasteiger partial charge on any atom is 0.137 e. The van der Waals surface area contributed by atoms with Crippen molar-refractivity contribution < 1.29 is 0 Å². The van der Waals surface area contributed by atoms with Gasteiger partial charge in [0.1, 0.15) is 5.65 Å². The second-order valence-corrected chi connectivity index (χ2v) is 5.29. The SMILES string of the molecule is Cc1cccc2nc(CNc3cncc(Br)c3)cn12. The largest absolute Gasteiger partial charge is 0.378 e. The number of anilines is 1. The lowest BCUT2D eigenvalue weighted by Gasteiger charge is -2.03. The molecule has 1 N–H and O–H groups in total. The number of rotatable bonds is 3. The van der Waals surface area contributed by atoms with Crippen LogP contribution < -0.4 is 5.32 Å². The van der Waals surface area contributed by atoms with Crippen LogP contribution in [-0.2, 0) is 6.54 Å². The van der Waals surface area contributed by atoms with Crippen molar-refractivity contribution in [2.24, 2.45) is 0 Å². The first kappa shape index (κ1) is 12.2. The van der Waals surface area contributed by atoms with Gasteiger partial charge in [0.05, 0.1) is 24.1 Å². The predicted molar refractivity (Wildman–Crippen MR) is 79.2 cm³/mol. The first-order valence-electron chi connectivity index (χ1n) is 6.00. The molecule has 0 spiro atoms. The van der Waals surface area contributed by atoms with E-state index in [9.17, 15) is 0 Å². The van der Waals surface area contributed by atoms with Crippen LogP contribution >= 0.6 is 15.9 Å². The molecule has 3 aromatic rings. The Balaban J connectivity index is 1.80. The van der Waals surface area contributed by atoms with Crippen LogP contribution in [0.4, 0.5) is 5.69 Å². The second kappa shape index (κ2) is 5.01. The number of halogens is 1. The van der Waals surface area contributed by atoms with Gasteiger partial charge in [-0.05, 0) is 41.1 Å². The molecule has 0 aliphatic heterocycles. The van der Waals surface area contributed by atoms with E-state index in [4.69, 9.17) is 0 Å². The highest BCUT2D eigenvalue weighted by atomic mass is 79.9. The molecule has 96 valence electrons. The van der Waals surface area contributed by atoms with Crippen molar-refractivity contribution in [2.45, 2.75) is 13.5 Å². The molecule has 0 unspecified atom stereocenters. The number of aromatic nitrogens is 3. The van der Waals surface area contributed by atoms with Gasteiger partial charge in [0.2, 0.25) is 0 Å². The topological polar surface area (TPSA) is 42.2 Å². The summed E-state index contributed by atoms with van der Waals surface area (Å²) in [6.45, 7) is 2.75. The molecule has 0 aliphatic rings. The third kappa shape index (κ3) is 2.61. The Hall–Kier alpha value is -1.88. The average Bonchev–Trinajstić information content (AvgIpc) is 2.81. The summed E-state index contributed by atoms with van der Waals surface area (Å²) >= 11 is 3.40. The van der Waals surface area contributed by atoms with E-state index < -0.39 is 0 Å². The molecular weight excluding hydrogens is 304 g/mol. The van der Waals surface area contributed by atoms with E-state index in [0.29, 0.717) is 6.54 Å².